The van der Waals surface area contributed by atoms with Crippen LogP contribution in [0.2, 0.25) is 0 Å². The summed E-state index contributed by atoms with van der Waals surface area (Å²) in [6, 6.07) is 0. The number of fused-ring (bicyclic) bond motifs is 8. The van der Waals surface area contributed by atoms with Gasteiger partial charge in [0, 0.05) is 63.7 Å². The van der Waals surface area contributed by atoms with E-state index in [-0.39, 0.29) is 123 Å². The average Bonchev–Trinajstić information content (AvgIpc) is 4.21. The van der Waals surface area contributed by atoms with E-state index in [1.165, 1.54) is 0 Å². The monoisotopic (exact) mass is 1080 g/mol. The molecule has 430 valence electrons. The molecule has 2 spiro atoms. The molecule has 14 rings (SSSR count). The number of hydrogen-bond donors (Lipinski definition) is 4. The lowest BCUT2D eigenvalue weighted by Gasteiger charge is -2.55. The van der Waals surface area contributed by atoms with Crippen molar-refractivity contribution >= 4 is 11.8 Å². The lowest BCUT2D eigenvalue weighted by molar-refractivity contribution is -0.375. The molecule has 12 bridgehead atoms. The van der Waals surface area contributed by atoms with Gasteiger partial charge in [-0.3, -0.25) is 9.59 Å². The first-order valence-corrected chi connectivity index (χ1v) is 29.6. The molecule has 30 atom stereocenters. The van der Waals surface area contributed by atoms with Crippen molar-refractivity contribution in [2.45, 2.75) is 295 Å². The number of esters is 1. The second-order valence-electron chi connectivity index (χ2n) is 26.1. The molecule has 4 N–H and O–H groups in total. The first-order valence-electron chi connectivity index (χ1n) is 29.6. The van der Waals surface area contributed by atoms with Crippen LogP contribution in [0.5, 0.6) is 0 Å². The van der Waals surface area contributed by atoms with Gasteiger partial charge >= 0.3 is 5.97 Å². The van der Waals surface area contributed by atoms with E-state index < -0.39 is 109 Å². The summed E-state index contributed by atoms with van der Waals surface area (Å²) in [5.41, 5.74) is 2.05. The zero-order valence-corrected chi connectivity index (χ0v) is 45.2. The van der Waals surface area contributed by atoms with Crippen LogP contribution in [0.3, 0.4) is 0 Å². The highest BCUT2D eigenvalue weighted by Gasteiger charge is 2.69. The molecule has 14 saturated heterocycles. The zero-order valence-electron chi connectivity index (χ0n) is 45.2. The fraction of sp³-hybridized carbons (Fsp3) is 0.897. The maximum atomic E-state index is 14.5. The van der Waals surface area contributed by atoms with Gasteiger partial charge in [-0.1, -0.05) is 40.9 Å². The Hall–Kier alpha value is -2.02. The second-order valence-corrected chi connectivity index (χ2v) is 26.1. The Balaban J connectivity index is 0.715. The van der Waals surface area contributed by atoms with Gasteiger partial charge < -0.3 is 82.0 Å². The summed E-state index contributed by atoms with van der Waals surface area (Å²) >= 11 is 0. The molecule has 14 fully saturated rings. The summed E-state index contributed by atoms with van der Waals surface area (Å²) < 4.78 is 87.3. The Labute approximate surface area is 451 Å². The molecule has 0 aromatic heterocycles. The minimum absolute atomic E-state index is 0.00553. The smallest absolute Gasteiger partial charge is 0.308 e. The van der Waals surface area contributed by atoms with Gasteiger partial charge in [0.2, 0.25) is 0 Å². The molecular weight excluding hydrogens is 1000 g/mol. The van der Waals surface area contributed by atoms with Crippen LogP contribution < -0.4 is 0 Å². The number of carbonyl (C=O) groups is 2. The topological polar surface area (TPSA) is 235 Å². The van der Waals surface area contributed by atoms with Crippen LogP contribution in [-0.4, -0.2) is 197 Å². The molecular formula is C58H84O19. The van der Waals surface area contributed by atoms with E-state index in [0.717, 1.165) is 43.3 Å². The van der Waals surface area contributed by atoms with Crippen LogP contribution in [0, 0.1) is 23.7 Å². The normalized spacial score (nSPS) is 55.4. The number of carbonyl (C=O) groups excluding carboxylic acids is 2. The lowest BCUT2D eigenvalue weighted by Crippen LogP contribution is -2.63. The number of rotatable bonds is 5. The summed E-state index contributed by atoms with van der Waals surface area (Å²) in [5, 5.41) is 43.7. The third-order valence-corrected chi connectivity index (χ3v) is 20.6. The summed E-state index contributed by atoms with van der Waals surface area (Å²) in [5.74, 6) is -3.24. The fourth-order valence-electron chi connectivity index (χ4n) is 16.6. The molecule has 0 radical (unpaired) electrons. The first-order chi connectivity index (χ1) is 36.9. The minimum Gasteiger partial charge on any atom is -0.459 e. The van der Waals surface area contributed by atoms with Gasteiger partial charge in [-0.15, -0.1) is 0 Å². The van der Waals surface area contributed by atoms with Crippen LogP contribution in [-0.2, 0) is 71.2 Å². The van der Waals surface area contributed by atoms with Gasteiger partial charge in [0.15, 0.2) is 11.6 Å². The fourth-order valence-corrected chi connectivity index (χ4v) is 16.6. The Kier molecular flexibility index (Phi) is 14.8. The second kappa shape index (κ2) is 21.0. The third kappa shape index (κ3) is 10.1. The van der Waals surface area contributed by atoms with Crippen molar-refractivity contribution in [3.8, 4) is 0 Å². The summed E-state index contributed by atoms with van der Waals surface area (Å²) in [4.78, 5) is 28.6. The van der Waals surface area contributed by atoms with Gasteiger partial charge in [-0.2, -0.15) is 0 Å². The maximum absolute atomic E-state index is 14.5. The zero-order chi connectivity index (χ0) is 53.4. The summed E-state index contributed by atoms with van der Waals surface area (Å²) in [6.45, 7) is 16.8. The van der Waals surface area contributed by atoms with E-state index in [1.54, 1.807) is 0 Å². The predicted molar refractivity (Wildman–Crippen MR) is 268 cm³/mol. The quantitative estimate of drug-likeness (QED) is 0.225. The Morgan fingerprint density at radius 2 is 1.23 bits per heavy atom. The van der Waals surface area contributed by atoms with E-state index in [2.05, 4.69) is 20.1 Å². The lowest BCUT2D eigenvalue weighted by atomic mass is 9.77. The van der Waals surface area contributed by atoms with E-state index in [1.807, 2.05) is 20.8 Å². The van der Waals surface area contributed by atoms with Crippen molar-refractivity contribution in [3.63, 3.8) is 0 Å². The molecule has 0 aromatic rings. The maximum Gasteiger partial charge on any atom is 0.308 e. The molecule has 0 amide bonds. The third-order valence-electron chi connectivity index (χ3n) is 20.6. The first kappa shape index (κ1) is 54.2. The van der Waals surface area contributed by atoms with Gasteiger partial charge in [0.05, 0.1) is 117 Å². The van der Waals surface area contributed by atoms with Crippen molar-refractivity contribution < 1.29 is 91.6 Å². The highest BCUT2D eigenvalue weighted by atomic mass is 16.8. The highest BCUT2D eigenvalue weighted by molar-refractivity contribution is 5.79. The molecule has 0 saturated carbocycles. The van der Waals surface area contributed by atoms with Gasteiger partial charge in [0.1, 0.15) is 48.5 Å². The van der Waals surface area contributed by atoms with Crippen LogP contribution in [0.15, 0.2) is 24.3 Å². The number of aliphatic hydroxyl groups is 4. The number of ether oxygens (including phenoxy) is 13. The molecule has 0 aliphatic carbocycles. The molecule has 1 unspecified atom stereocenters. The number of ketones is 1. The molecule has 77 heavy (non-hydrogen) atoms. The largest absolute Gasteiger partial charge is 0.459 e. The van der Waals surface area contributed by atoms with E-state index in [0.29, 0.717) is 44.9 Å². The van der Waals surface area contributed by atoms with Crippen LogP contribution in [0.25, 0.3) is 0 Å². The molecule has 14 heterocycles. The Morgan fingerprint density at radius 1 is 0.545 bits per heavy atom. The number of aliphatic hydroxyl groups excluding tert-OH is 4. The van der Waals surface area contributed by atoms with E-state index >= 15 is 0 Å². The van der Waals surface area contributed by atoms with Crippen molar-refractivity contribution in [1.29, 1.82) is 0 Å². The molecule has 14 aliphatic rings. The van der Waals surface area contributed by atoms with Crippen molar-refractivity contribution in [2.24, 2.45) is 23.7 Å². The predicted octanol–water partition coefficient (Wildman–Crippen LogP) is 3.97. The summed E-state index contributed by atoms with van der Waals surface area (Å²) in [7, 11) is 0. The molecule has 14 aliphatic heterocycles. The van der Waals surface area contributed by atoms with Gasteiger partial charge in [0.25, 0.3) is 0 Å². The molecule has 0 aromatic carbocycles. The molecule has 19 heteroatoms. The SMILES string of the molecule is C=C1C[C@@H]2CC[C@@]34C[C@H]5O[C@H]6[C@@H](O3)[C@H]3O[C@H](CC[C@@H]3O[C@H]6C5O4)CC(=O)O[C@@H]3[C@@H](C)[C@@H]4O[C@H](CC(=O)C[C@@H]5O[C@@]6(C[C@H](C)[C@@H]5O)C[C@H](C)[C@@H]5O[C@H](CO)[C@H](O)C[C@@H]5O6)[C@H](O)C[C@@H]4O[C@H]3C[C@H]3O[C@@H](CC[C@@H]1O2)C[C@@H](C)C3=C. The molecule has 19 nitrogen and oxygen atoms in total. The highest BCUT2D eigenvalue weighted by Crippen LogP contribution is 2.55. The Bertz CT molecular complexity index is 2230. The van der Waals surface area contributed by atoms with Crippen molar-refractivity contribution in [2.75, 3.05) is 6.61 Å². The van der Waals surface area contributed by atoms with Crippen LogP contribution in [0.1, 0.15) is 137 Å². The van der Waals surface area contributed by atoms with Crippen LogP contribution >= 0.6 is 0 Å². The van der Waals surface area contributed by atoms with Crippen LogP contribution in [0.4, 0.5) is 0 Å². The number of hydrogen-bond acceptors (Lipinski definition) is 19. The average molecular weight is 1090 g/mol. The standard InChI is InChI=1S/C58H84O19/c1-25-13-32-7-9-37-26(2)14-34(65-37)11-12-57-23-45-53(76-57)54-55(71-45)56(77-57)52-38(69-54)10-8-33(67-52)17-47(63)73-51-30(6)50-42(68-43(51)20-39(66-32)29(25)5)18-35(61)40(70-50)15-31(60)16-41-48(64)27(3)21-58(74-41)22-28(4)49-44(75-58)19-36(62)46(24-59)72-49/h25,27-28,30,32-46,48-56,59,61-62,64H,2,5,7-24H2,1,3-4,6H3/t25-,27+,28+,30+,32+,33-,34+,35-,36-,37+,38+,39-,40-,41+,42+,43+,44+,45-,46-,48+,49+,50+,51-,52+,53?,54+,55-,56+,57+,58-/m1/s1. The Morgan fingerprint density at radius 3 is 2.06 bits per heavy atom. The van der Waals surface area contributed by atoms with Crippen molar-refractivity contribution in [1.82, 2.24) is 0 Å². The van der Waals surface area contributed by atoms with E-state index in [9.17, 15) is 30.0 Å². The van der Waals surface area contributed by atoms with Crippen molar-refractivity contribution in [3.05, 3.63) is 24.3 Å². The number of Topliss-reactive ketones (excluding diaryl/α,β-unsaturated/α-hetero) is 1. The van der Waals surface area contributed by atoms with Gasteiger partial charge in [-0.25, -0.2) is 0 Å². The summed E-state index contributed by atoms with van der Waals surface area (Å²) in [6.07, 6.45) is -4.24. The van der Waals surface area contributed by atoms with Gasteiger partial charge in [-0.05, 0) is 73.8 Å². The van der Waals surface area contributed by atoms with E-state index in [4.69, 9.17) is 61.6 Å². The minimum atomic E-state index is -1.11.